The predicted octanol–water partition coefficient (Wildman–Crippen LogP) is 3.32. The van der Waals surface area contributed by atoms with Crippen LogP contribution in [0.3, 0.4) is 0 Å². The van der Waals surface area contributed by atoms with Crippen LogP contribution in [0.5, 0.6) is 5.75 Å². The molecule has 7 heteroatoms. The smallest absolute Gasteiger partial charge is 0.224 e. The van der Waals surface area contributed by atoms with Gasteiger partial charge in [-0.2, -0.15) is 10.1 Å². The molecular weight excluding hydrogens is 342 g/mol. The van der Waals surface area contributed by atoms with Crippen LogP contribution in [0.1, 0.15) is 39.0 Å². The van der Waals surface area contributed by atoms with Crippen LogP contribution in [-0.4, -0.2) is 43.6 Å². The third-order valence-corrected chi connectivity index (χ3v) is 4.92. The number of anilines is 1. The molecule has 2 aromatic heterocycles. The molecule has 7 nitrogen and oxygen atoms in total. The molecule has 0 spiro atoms. The number of aliphatic hydroxyl groups is 1. The second kappa shape index (κ2) is 7.92. The van der Waals surface area contributed by atoms with Crippen molar-refractivity contribution in [3.05, 3.63) is 36.7 Å². The summed E-state index contributed by atoms with van der Waals surface area (Å²) in [6.45, 7) is 2.77. The van der Waals surface area contributed by atoms with Crippen molar-refractivity contribution >= 4 is 16.9 Å². The van der Waals surface area contributed by atoms with Crippen molar-refractivity contribution in [3.63, 3.8) is 0 Å². The van der Waals surface area contributed by atoms with Crippen molar-refractivity contribution in [1.29, 1.82) is 0 Å². The molecule has 27 heavy (non-hydrogen) atoms. The van der Waals surface area contributed by atoms with E-state index in [2.05, 4.69) is 27.3 Å². The predicted molar refractivity (Wildman–Crippen MR) is 104 cm³/mol. The van der Waals surface area contributed by atoms with Crippen LogP contribution < -0.4 is 10.1 Å². The zero-order valence-corrected chi connectivity index (χ0v) is 15.5. The van der Waals surface area contributed by atoms with E-state index in [1.807, 2.05) is 35.1 Å². The average molecular weight is 367 g/mol. The van der Waals surface area contributed by atoms with Gasteiger partial charge in [0.1, 0.15) is 5.75 Å². The zero-order valence-electron chi connectivity index (χ0n) is 15.5. The van der Waals surface area contributed by atoms with Gasteiger partial charge in [0.25, 0.3) is 0 Å². The van der Waals surface area contributed by atoms with Crippen LogP contribution >= 0.6 is 0 Å². The normalized spacial score (nSPS) is 19.9. The number of benzene rings is 1. The maximum absolute atomic E-state index is 9.66. The van der Waals surface area contributed by atoms with Gasteiger partial charge in [-0.15, -0.1) is 0 Å². The topological polar surface area (TPSA) is 85.1 Å². The minimum atomic E-state index is -0.171. The Balaban J connectivity index is 1.58. The molecule has 1 saturated carbocycles. The van der Waals surface area contributed by atoms with Crippen molar-refractivity contribution in [2.45, 2.75) is 51.2 Å². The molecule has 1 fully saturated rings. The number of ether oxygens (including phenoxy) is 1. The van der Waals surface area contributed by atoms with E-state index in [-0.39, 0.29) is 6.10 Å². The van der Waals surface area contributed by atoms with E-state index in [4.69, 9.17) is 4.74 Å². The highest BCUT2D eigenvalue weighted by Gasteiger charge is 2.20. The molecule has 0 bridgehead atoms. The lowest BCUT2D eigenvalue weighted by molar-refractivity contribution is 0.126. The number of hydrogen-bond acceptors (Lipinski definition) is 6. The third-order valence-electron chi connectivity index (χ3n) is 4.92. The Morgan fingerprint density at radius 2 is 2.07 bits per heavy atom. The van der Waals surface area contributed by atoms with Gasteiger partial charge >= 0.3 is 0 Å². The highest BCUT2D eigenvalue weighted by molar-refractivity contribution is 5.86. The van der Waals surface area contributed by atoms with E-state index in [1.54, 1.807) is 6.20 Å². The second-order valence-electron chi connectivity index (χ2n) is 6.98. The van der Waals surface area contributed by atoms with E-state index in [0.29, 0.717) is 24.4 Å². The summed E-state index contributed by atoms with van der Waals surface area (Å²) in [5.74, 6) is 2.15. The van der Waals surface area contributed by atoms with Crippen molar-refractivity contribution in [2.24, 2.45) is 0 Å². The molecule has 3 aromatic rings. The first-order valence-corrected chi connectivity index (χ1v) is 9.62. The Hall–Kier alpha value is -2.67. The summed E-state index contributed by atoms with van der Waals surface area (Å²) in [5, 5.41) is 18.5. The number of fused-ring (bicyclic) bond motifs is 1. The molecule has 0 unspecified atom stereocenters. The summed E-state index contributed by atoms with van der Waals surface area (Å²) in [5.41, 5.74) is 0.953. The van der Waals surface area contributed by atoms with Crippen LogP contribution in [0.25, 0.3) is 16.7 Å². The monoisotopic (exact) mass is 367 g/mol. The molecule has 4 rings (SSSR count). The number of nitrogens with zero attached hydrogens (tertiary/aromatic N) is 4. The minimum Gasteiger partial charge on any atom is -0.493 e. The van der Waals surface area contributed by atoms with E-state index >= 15 is 0 Å². The van der Waals surface area contributed by atoms with E-state index in [0.717, 1.165) is 48.8 Å². The first kappa shape index (κ1) is 17.7. The van der Waals surface area contributed by atoms with Crippen LogP contribution in [0.4, 0.5) is 5.95 Å². The van der Waals surface area contributed by atoms with Crippen LogP contribution in [-0.2, 0) is 0 Å². The molecule has 2 N–H and O–H groups in total. The highest BCUT2D eigenvalue weighted by atomic mass is 16.5. The summed E-state index contributed by atoms with van der Waals surface area (Å²) in [7, 11) is 0. The van der Waals surface area contributed by atoms with Gasteiger partial charge in [0, 0.05) is 18.3 Å². The number of rotatable bonds is 6. The fourth-order valence-electron chi connectivity index (χ4n) is 3.48. The standard InChI is InChI=1S/C20H25N5O2/c1-2-12-27-18-5-3-4-17-16(18)13-22-25(17)19-10-11-21-20(24-19)23-14-6-8-15(26)9-7-14/h3-5,10-11,13-15,26H,2,6-9,12H2,1H3,(H,21,23,24)/t14-,15-. The van der Waals surface area contributed by atoms with Gasteiger partial charge < -0.3 is 15.2 Å². The van der Waals surface area contributed by atoms with Gasteiger partial charge in [-0.05, 0) is 44.2 Å². The number of hydrogen-bond donors (Lipinski definition) is 2. The lowest BCUT2D eigenvalue weighted by Gasteiger charge is -2.26. The molecule has 0 aliphatic heterocycles. The Kier molecular flexibility index (Phi) is 5.20. The van der Waals surface area contributed by atoms with Crippen LogP contribution in [0, 0.1) is 0 Å². The lowest BCUT2D eigenvalue weighted by Crippen LogP contribution is -2.29. The molecule has 0 radical (unpaired) electrons. The molecule has 1 aromatic carbocycles. The van der Waals surface area contributed by atoms with Gasteiger partial charge in [-0.25, -0.2) is 9.67 Å². The fraction of sp³-hybridized carbons (Fsp3) is 0.450. The summed E-state index contributed by atoms with van der Waals surface area (Å²) < 4.78 is 7.64. The van der Waals surface area contributed by atoms with Crippen molar-refractivity contribution < 1.29 is 9.84 Å². The summed E-state index contributed by atoms with van der Waals surface area (Å²) in [4.78, 5) is 9.00. The molecule has 0 saturated heterocycles. The zero-order chi connectivity index (χ0) is 18.6. The molecule has 0 atom stereocenters. The van der Waals surface area contributed by atoms with E-state index < -0.39 is 0 Å². The largest absolute Gasteiger partial charge is 0.493 e. The lowest BCUT2D eigenvalue weighted by atomic mass is 9.93. The van der Waals surface area contributed by atoms with E-state index in [9.17, 15) is 5.11 Å². The number of aliphatic hydroxyl groups excluding tert-OH is 1. The van der Waals surface area contributed by atoms with Crippen molar-refractivity contribution in [1.82, 2.24) is 19.7 Å². The van der Waals surface area contributed by atoms with Gasteiger partial charge in [0.15, 0.2) is 5.82 Å². The fourth-order valence-corrected chi connectivity index (χ4v) is 3.48. The molecule has 2 heterocycles. The molecule has 142 valence electrons. The second-order valence-corrected chi connectivity index (χ2v) is 6.98. The molecule has 1 aliphatic carbocycles. The first-order chi connectivity index (χ1) is 13.2. The number of nitrogens with one attached hydrogen (secondary N) is 1. The van der Waals surface area contributed by atoms with Gasteiger partial charge in [0.2, 0.25) is 5.95 Å². The quantitative estimate of drug-likeness (QED) is 0.695. The van der Waals surface area contributed by atoms with Gasteiger partial charge in [-0.3, -0.25) is 0 Å². The Bertz CT molecular complexity index is 902. The SMILES string of the molecule is CCCOc1cccc2c1cnn2-c1ccnc(N[C@H]2CC[C@H](O)CC2)n1. The first-order valence-electron chi connectivity index (χ1n) is 9.62. The Labute approximate surface area is 158 Å². The average Bonchev–Trinajstić information content (AvgIpc) is 3.13. The van der Waals surface area contributed by atoms with Gasteiger partial charge in [0.05, 0.1) is 29.8 Å². The van der Waals surface area contributed by atoms with Crippen molar-refractivity contribution in [3.8, 4) is 11.6 Å². The molecule has 1 aliphatic rings. The maximum Gasteiger partial charge on any atom is 0.224 e. The summed E-state index contributed by atoms with van der Waals surface area (Å²) in [6.07, 6.45) is 7.85. The van der Waals surface area contributed by atoms with Crippen LogP contribution in [0.2, 0.25) is 0 Å². The number of aromatic nitrogens is 4. The molecule has 0 amide bonds. The minimum absolute atomic E-state index is 0.171. The Morgan fingerprint density at radius 1 is 1.22 bits per heavy atom. The third kappa shape index (κ3) is 3.88. The maximum atomic E-state index is 9.66. The molecular formula is C20H25N5O2. The van der Waals surface area contributed by atoms with Gasteiger partial charge in [-0.1, -0.05) is 13.0 Å². The van der Waals surface area contributed by atoms with Crippen molar-refractivity contribution in [2.75, 3.05) is 11.9 Å². The summed E-state index contributed by atoms with van der Waals surface area (Å²) in [6, 6.07) is 8.10. The highest BCUT2D eigenvalue weighted by Crippen LogP contribution is 2.27. The summed E-state index contributed by atoms with van der Waals surface area (Å²) >= 11 is 0. The van der Waals surface area contributed by atoms with Crippen LogP contribution in [0.15, 0.2) is 36.7 Å². The van der Waals surface area contributed by atoms with E-state index in [1.165, 1.54) is 0 Å². The Morgan fingerprint density at radius 3 is 2.89 bits per heavy atom.